The summed E-state index contributed by atoms with van der Waals surface area (Å²) in [6, 6.07) is 72.5. The van der Waals surface area contributed by atoms with Gasteiger partial charge in [-0.2, -0.15) is 0 Å². The third-order valence-electron chi connectivity index (χ3n) is 12.7. The van der Waals surface area contributed by atoms with Crippen LogP contribution in [0.3, 0.4) is 0 Å². The van der Waals surface area contributed by atoms with Gasteiger partial charge in [-0.05, 0) is 76.3 Å². The Kier molecular flexibility index (Phi) is 7.27. The largest absolute Gasteiger partial charge is 0.309 e. The number of hydrogen-bond acceptors (Lipinski definition) is 1. The summed E-state index contributed by atoms with van der Waals surface area (Å²) in [6.07, 6.45) is 0. The van der Waals surface area contributed by atoms with E-state index in [9.17, 15) is 0 Å². The van der Waals surface area contributed by atoms with Gasteiger partial charge in [0, 0.05) is 55.0 Å². The molecule has 0 amide bonds. The van der Waals surface area contributed by atoms with Gasteiger partial charge in [-0.3, -0.25) is 0 Å². The minimum atomic E-state index is -0.266. The summed E-state index contributed by atoms with van der Waals surface area (Å²) in [4.78, 5) is 5.26. The van der Waals surface area contributed by atoms with Crippen LogP contribution < -0.4 is 0 Å². The maximum absolute atomic E-state index is 5.26. The molecule has 8 aromatic carbocycles. The fraction of sp³-hybridized carbons (Fsp3) is 0.0536. The Morgan fingerprint density at radius 1 is 0.407 bits per heavy atom. The summed E-state index contributed by atoms with van der Waals surface area (Å²) in [7, 11) is 0. The van der Waals surface area contributed by atoms with E-state index in [0.717, 1.165) is 33.8 Å². The molecule has 0 fully saturated rings. The monoisotopic (exact) mass is 753 g/mol. The molecule has 3 heterocycles. The average molecular weight is 754 g/mol. The lowest BCUT2D eigenvalue weighted by molar-refractivity contribution is 0.664. The van der Waals surface area contributed by atoms with Crippen LogP contribution in [0.15, 0.2) is 200 Å². The quantitative estimate of drug-likeness (QED) is 0.172. The lowest BCUT2D eigenvalue weighted by Gasteiger charge is -2.24. The van der Waals surface area contributed by atoms with E-state index in [1.54, 1.807) is 0 Å². The first-order valence-corrected chi connectivity index (χ1v) is 20.5. The summed E-state index contributed by atoms with van der Waals surface area (Å²) in [5, 5.41) is 5.12. The molecule has 11 aromatic rings. The Hall–Kier alpha value is -7.49. The molecule has 1 aliphatic rings. The van der Waals surface area contributed by atoms with Gasteiger partial charge in [0.25, 0.3) is 0 Å². The Morgan fingerprint density at radius 3 is 1.53 bits per heavy atom. The number of benzene rings is 8. The summed E-state index contributed by atoms with van der Waals surface area (Å²) in [5.74, 6) is 0. The molecule has 1 aliphatic carbocycles. The van der Waals surface area contributed by atoms with E-state index in [0.29, 0.717) is 0 Å². The van der Waals surface area contributed by atoms with E-state index in [1.807, 2.05) is 0 Å². The zero-order valence-corrected chi connectivity index (χ0v) is 32.9. The van der Waals surface area contributed by atoms with Crippen molar-refractivity contribution in [2.75, 3.05) is 0 Å². The van der Waals surface area contributed by atoms with Gasteiger partial charge in [0.15, 0.2) is 0 Å². The van der Waals surface area contributed by atoms with Gasteiger partial charge in [-0.15, -0.1) is 0 Å². The molecule has 0 bridgehead atoms. The van der Waals surface area contributed by atoms with Crippen molar-refractivity contribution in [3.8, 4) is 56.1 Å². The topological polar surface area (TPSA) is 22.8 Å². The minimum absolute atomic E-state index is 0.266. The molecule has 0 saturated heterocycles. The Bertz CT molecular complexity index is 3370. The molecule has 0 spiro atoms. The van der Waals surface area contributed by atoms with E-state index in [1.165, 1.54) is 77.1 Å². The summed E-state index contributed by atoms with van der Waals surface area (Å²) in [5.41, 5.74) is 18.8. The standard InChI is InChI=1S/C56H39N3/c1-56(2)45-27-15-12-24-42(45)52-53(56)55-51(50-43-25-13-16-28-48(43)58(54(50)52)40-22-10-5-11-23-40)44-26-14-17-29-49(44)59(55)41-32-30-38(31-33-41)47-35-39(36-18-6-3-7-19-36)34-46(57-47)37-20-8-4-9-21-37/h3-35H,1-2H3. The third kappa shape index (κ3) is 4.91. The van der Waals surface area contributed by atoms with Gasteiger partial charge in [0.2, 0.25) is 0 Å². The second-order valence-corrected chi connectivity index (χ2v) is 16.3. The first-order valence-electron chi connectivity index (χ1n) is 20.5. The molecule has 12 rings (SSSR count). The Balaban J connectivity index is 1.16. The lowest BCUT2D eigenvalue weighted by Crippen LogP contribution is -2.16. The van der Waals surface area contributed by atoms with E-state index >= 15 is 0 Å². The number of fused-ring (bicyclic) bond motifs is 12. The van der Waals surface area contributed by atoms with Crippen molar-refractivity contribution in [3.63, 3.8) is 0 Å². The van der Waals surface area contributed by atoms with E-state index in [-0.39, 0.29) is 5.41 Å². The fourth-order valence-corrected chi connectivity index (χ4v) is 10.1. The molecule has 3 heteroatoms. The smallest absolute Gasteiger partial charge is 0.0715 e. The van der Waals surface area contributed by atoms with Gasteiger partial charge in [0.05, 0.1) is 33.5 Å². The molecule has 0 N–H and O–H groups in total. The number of rotatable bonds is 5. The highest BCUT2D eigenvalue weighted by Crippen LogP contribution is 2.58. The number of aromatic nitrogens is 3. The van der Waals surface area contributed by atoms with Gasteiger partial charge >= 0.3 is 0 Å². The van der Waals surface area contributed by atoms with Gasteiger partial charge < -0.3 is 9.13 Å². The molecule has 3 nitrogen and oxygen atoms in total. The highest BCUT2D eigenvalue weighted by molar-refractivity contribution is 6.33. The molecule has 3 aromatic heterocycles. The second-order valence-electron chi connectivity index (χ2n) is 16.3. The zero-order valence-electron chi connectivity index (χ0n) is 32.9. The van der Waals surface area contributed by atoms with Gasteiger partial charge in [-0.25, -0.2) is 4.98 Å². The normalized spacial score (nSPS) is 13.1. The molecule has 0 radical (unpaired) electrons. The maximum atomic E-state index is 5.26. The van der Waals surface area contributed by atoms with Gasteiger partial charge in [-0.1, -0.05) is 166 Å². The predicted molar refractivity (Wildman–Crippen MR) is 247 cm³/mol. The Labute approximate surface area is 343 Å². The van der Waals surface area contributed by atoms with Crippen molar-refractivity contribution < 1.29 is 0 Å². The maximum Gasteiger partial charge on any atom is 0.0715 e. The minimum Gasteiger partial charge on any atom is -0.309 e. The van der Waals surface area contributed by atoms with Crippen LogP contribution in [0.5, 0.6) is 0 Å². The van der Waals surface area contributed by atoms with Crippen LogP contribution in [0.2, 0.25) is 0 Å². The number of para-hydroxylation sites is 3. The second kappa shape index (κ2) is 12.8. The zero-order chi connectivity index (χ0) is 39.2. The van der Waals surface area contributed by atoms with E-state index in [4.69, 9.17) is 4.98 Å². The van der Waals surface area contributed by atoms with Crippen molar-refractivity contribution in [1.82, 2.24) is 14.1 Å². The first kappa shape index (κ1) is 33.6. The SMILES string of the molecule is CC1(C)c2ccccc2-c2c1c1c(c3ccccc3n1-c1ccc(-c3cc(-c4ccccc4)cc(-c4ccccc4)n3)cc1)c1c3ccccc3n(-c3ccccc3)c21. The number of nitrogens with zero attached hydrogens (tertiary/aromatic N) is 3. The molecular formula is C56H39N3. The summed E-state index contributed by atoms with van der Waals surface area (Å²) in [6.45, 7) is 4.83. The van der Waals surface area contributed by atoms with Gasteiger partial charge in [0.1, 0.15) is 0 Å². The van der Waals surface area contributed by atoms with Crippen molar-refractivity contribution in [2.45, 2.75) is 19.3 Å². The van der Waals surface area contributed by atoms with Crippen molar-refractivity contribution >= 4 is 43.6 Å². The van der Waals surface area contributed by atoms with Crippen LogP contribution in [0, 0.1) is 0 Å². The van der Waals surface area contributed by atoms with Crippen LogP contribution in [0.4, 0.5) is 0 Å². The number of hydrogen-bond donors (Lipinski definition) is 0. The lowest BCUT2D eigenvalue weighted by atomic mass is 9.81. The van der Waals surface area contributed by atoms with E-state index in [2.05, 4.69) is 223 Å². The van der Waals surface area contributed by atoms with Crippen LogP contribution in [-0.4, -0.2) is 14.1 Å². The summed E-state index contributed by atoms with van der Waals surface area (Å²) >= 11 is 0. The van der Waals surface area contributed by atoms with E-state index < -0.39 is 0 Å². The molecule has 278 valence electrons. The first-order chi connectivity index (χ1) is 29.1. The van der Waals surface area contributed by atoms with Crippen LogP contribution >= 0.6 is 0 Å². The van der Waals surface area contributed by atoms with Crippen molar-refractivity contribution in [3.05, 3.63) is 211 Å². The molecule has 0 unspecified atom stereocenters. The third-order valence-corrected chi connectivity index (χ3v) is 12.7. The van der Waals surface area contributed by atoms with Crippen molar-refractivity contribution in [2.24, 2.45) is 0 Å². The van der Waals surface area contributed by atoms with Crippen molar-refractivity contribution in [1.29, 1.82) is 0 Å². The molecule has 0 aliphatic heterocycles. The highest BCUT2D eigenvalue weighted by atomic mass is 15.0. The summed E-state index contributed by atoms with van der Waals surface area (Å²) < 4.78 is 5.06. The van der Waals surface area contributed by atoms with Crippen LogP contribution in [0.1, 0.15) is 25.0 Å². The molecule has 0 atom stereocenters. The Morgan fingerprint density at radius 2 is 0.881 bits per heavy atom. The average Bonchev–Trinajstić information content (AvgIpc) is 3.90. The number of pyridine rings is 1. The predicted octanol–water partition coefficient (Wildman–Crippen LogP) is 14.6. The molecule has 0 saturated carbocycles. The van der Waals surface area contributed by atoms with Crippen LogP contribution in [0.25, 0.3) is 99.8 Å². The molecular weight excluding hydrogens is 715 g/mol. The molecule has 59 heavy (non-hydrogen) atoms. The fourth-order valence-electron chi connectivity index (χ4n) is 10.1. The highest BCUT2D eigenvalue weighted by Gasteiger charge is 2.41. The van der Waals surface area contributed by atoms with Crippen LogP contribution in [-0.2, 0) is 5.41 Å².